The van der Waals surface area contributed by atoms with Crippen molar-refractivity contribution in [3.05, 3.63) is 82.4 Å². The first-order valence-electron chi connectivity index (χ1n) is 15.0. The van der Waals surface area contributed by atoms with Gasteiger partial charge in [-0.2, -0.15) is 40.4 Å². The number of hydrogen-bond donors (Lipinski definition) is 2. The van der Waals surface area contributed by atoms with E-state index in [-0.39, 0.29) is 35.7 Å². The minimum atomic E-state index is -5.08. The predicted octanol–water partition coefficient (Wildman–Crippen LogP) is 7.57. The van der Waals surface area contributed by atoms with E-state index in [1.807, 2.05) is 0 Å². The molecule has 0 radical (unpaired) electrons. The van der Waals surface area contributed by atoms with Gasteiger partial charge in [0.1, 0.15) is 11.9 Å². The van der Waals surface area contributed by atoms with E-state index in [0.29, 0.717) is 12.1 Å². The third-order valence-corrected chi connectivity index (χ3v) is 7.76. The first-order valence-corrected chi connectivity index (χ1v) is 15.0. The fourth-order valence-electron chi connectivity index (χ4n) is 5.40. The number of nitrogens with zero attached hydrogens (tertiary/aromatic N) is 4. The first-order chi connectivity index (χ1) is 23.7. The molecule has 0 saturated carbocycles. The minimum absolute atomic E-state index is 0.0321. The number of hydrogen-bond acceptors (Lipinski definition) is 8. The van der Waals surface area contributed by atoms with Gasteiger partial charge < -0.3 is 14.6 Å². The fourth-order valence-corrected chi connectivity index (χ4v) is 5.40. The van der Waals surface area contributed by atoms with Crippen LogP contribution in [-0.4, -0.2) is 58.2 Å². The molecule has 10 nitrogen and oxygen atoms in total. The van der Waals surface area contributed by atoms with Crippen molar-refractivity contribution in [1.29, 1.82) is 5.26 Å². The number of anilines is 1. The maximum atomic E-state index is 16.8. The van der Waals surface area contributed by atoms with Gasteiger partial charge in [-0.25, -0.2) is 24.1 Å². The van der Waals surface area contributed by atoms with Gasteiger partial charge in [-0.3, -0.25) is 10.1 Å². The lowest BCUT2D eigenvalue weighted by Crippen LogP contribution is -2.67. The van der Waals surface area contributed by atoms with Crippen LogP contribution in [0.25, 0.3) is 0 Å². The highest BCUT2D eigenvalue weighted by molar-refractivity contribution is 5.91. The molecule has 0 aliphatic carbocycles. The van der Waals surface area contributed by atoms with E-state index in [1.165, 1.54) is 13.0 Å². The second-order valence-corrected chi connectivity index (χ2v) is 11.4. The van der Waals surface area contributed by atoms with Crippen LogP contribution in [0.2, 0.25) is 0 Å². The lowest BCUT2D eigenvalue weighted by molar-refractivity contribution is -0.175. The molecule has 274 valence electrons. The zero-order valence-electron chi connectivity index (χ0n) is 26.6. The second kappa shape index (κ2) is 14.6. The van der Waals surface area contributed by atoms with Crippen molar-refractivity contribution in [1.82, 2.24) is 15.3 Å². The molecule has 2 aromatic carbocycles. The van der Waals surface area contributed by atoms with Gasteiger partial charge in [0.15, 0.2) is 12.4 Å². The van der Waals surface area contributed by atoms with E-state index in [1.54, 1.807) is 6.07 Å². The van der Waals surface area contributed by atoms with Crippen LogP contribution in [0.4, 0.5) is 50.0 Å². The number of carbonyl (C=O) groups excluding carboxylic acids is 1. The van der Waals surface area contributed by atoms with Crippen molar-refractivity contribution >= 4 is 17.7 Å². The molecule has 0 bridgehead atoms. The third kappa shape index (κ3) is 8.44. The molecule has 19 heteroatoms. The van der Waals surface area contributed by atoms with Crippen LogP contribution in [0.1, 0.15) is 71.9 Å². The van der Waals surface area contributed by atoms with Gasteiger partial charge in [0.2, 0.25) is 0 Å². The van der Waals surface area contributed by atoms with E-state index in [2.05, 4.69) is 20.0 Å². The number of halogens is 9. The number of fused-ring (bicyclic) bond motifs is 1. The van der Waals surface area contributed by atoms with Crippen molar-refractivity contribution in [2.75, 3.05) is 18.1 Å². The number of nitrogens with one attached hydrogen (secondary N) is 1. The number of aryl methyl sites for hydroxylation is 1. The number of amides is 1. The Morgan fingerprint density at radius 3 is 2.31 bits per heavy atom. The number of alkyl halides is 9. The summed E-state index contributed by atoms with van der Waals surface area (Å²) in [6, 6.07) is 2.55. The topological polar surface area (TPSA) is 138 Å². The highest BCUT2D eigenvalue weighted by Crippen LogP contribution is 2.55. The van der Waals surface area contributed by atoms with E-state index >= 15 is 13.2 Å². The third-order valence-electron chi connectivity index (χ3n) is 7.76. The molecule has 51 heavy (non-hydrogen) atoms. The van der Waals surface area contributed by atoms with Gasteiger partial charge in [-0.05, 0) is 48.7 Å². The molecule has 0 spiro atoms. The highest BCUT2D eigenvalue weighted by atomic mass is 19.4. The van der Waals surface area contributed by atoms with Crippen molar-refractivity contribution in [3.63, 3.8) is 0 Å². The van der Waals surface area contributed by atoms with Crippen molar-refractivity contribution < 1.29 is 63.7 Å². The maximum absolute atomic E-state index is 16.8. The van der Waals surface area contributed by atoms with Crippen LogP contribution < -0.4 is 15.0 Å². The predicted molar refractivity (Wildman–Crippen MR) is 158 cm³/mol. The number of carbonyl (C=O) groups is 2. The smallest absolute Gasteiger partial charge is 0.422 e. The van der Waals surface area contributed by atoms with Gasteiger partial charge in [0.05, 0.1) is 47.9 Å². The molecule has 0 fully saturated rings. The lowest BCUT2D eigenvalue weighted by atomic mass is 9.83. The van der Waals surface area contributed by atoms with Gasteiger partial charge in [0.25, 0.3) is 5.79 Å². The zero-order chi connectivity index (χ0) is 37.9. The van der Waals surface area contributed by atoms with Gasteiger partial charge >= 0.3 is 30.3 Å². The molecule has 2 N–H and O–H groups in total. The first kappa shape index (κ1) is 38.7. The Labute approximate surface area is 283 Å². The molecule has 1 amide bonds. The van der Waals surface area contributed by atoms with Crippen LogP contribution in [0.3, 0.4) is 0 Å². The fraction of sp³-hybridized carbons (Fsp3) is 0.406. The number of aromatic nitrogens is 2. The average molecular weight is 734 g/mol. The summed E-state index contributed by atoms with van der Waals surface area (Å²) in [5.41, 5.74) is -3.24. The maximum Gasteiger partial charge on any atom is 0.422 e. The summed E-state index contributed by atoms with van der Waals surface area (Å²) < 4.78 is 140. The van der Waals surface area contributed by atoms with E-state index in [9.17, 15) is 41.2 Å². The average Bonchev–Trinajstić information content (AvgIpc) is 3.05. The van der Waals surface area contributed by atoms with Crippen LogP contribution in [0, 0.1) is 18.3 Å². The zero-order valence-corrected chi connectivity index (χ0v) is 26.6. The van der Waals surface area contributed by atoms with E-state index in [0.717, 1.165) is 37.5 Å². The van der Waals surface area contributed by atoms with E-state index < -0.39 is 95.0 Å². The molecular weight excluding hydrogens is 705 g/mol. The van der Waals surface area contributed by atoms with Crippen molar-refractivity contribution in [2.45, 2.75) is 69.3 Å². The Bertz CT molecular complexity index is 1800. The van der Waals surface area contributed by atoms with Crippen LogP contribution in [0.15, 0.2) is 48.8 Å². The molecule has 1 unspecified atom stereocenters. The molecule has 2 heterocycles. The Kier molecular flexibility index (Phi) is 11.1. The standard InChI is InChI=1S/C32H28F9N5O5/c1-3-29(33)31(37,38)26(22-9-17(2)6-7-23(22)46(29)28(49)51-16-30(34,35)36)45-25(19-10-18(13-42)11-20(12-19)32(39,40)41)27-43-14-21(15-44-27)50-8-4-5-24(47)48/h6-7,9-12,14-15,25-26,45H,3-5,8,16H2,1-2H3,(H,47,48)/t25?,26-,29-/m0/s1. The van der Waals surface area contributed by atoms with Crippen molar-refractivity contribution in [3.8, 4) is 11.8 Å². The monoisotopic (exact) mass is 733 g/mol. The van der Waals surface area contributed by atoms with Crippen LogP contribution in [0.5, 0.6) is 5.75 Å². The number of rotatable bonds is 11. The van der Waals surface area contributed by atoms with E-state index in [4.69, 9.17) is 9.84 Å². The second-order valence-electron chi connectivity index (χ2n) is 11.4. The lowest BCUT2D eigenvalue weighted by Gasteiger charge is -2.49. The van der Waals surface area contributed by atoms with Gasteiger partial charge in [0, 0.05) is 12.8 Å². The number of carboxylic acids is 1. The largest absolute Gasteiger partial charge is 0.490 e. The molecule has 4 rings (SSSR count). The summed E-state index contributed by atoms with van der Waals surface area (Å²) >= 11 is 0. The molecule has 1 aromatic heterocycles. The quantitative estimate of drug-likeness (QED) is 0.116. The minimum Gasteiger partial charge on any atom is -0.490 e. The summed E-state index contributed by atoms with van der Waals surface area (Å²) in [4.78, 5) is 31.5. The summed E-state index contributed by atoms with van der Waals surface area (Å²) in [6.07, 6.45) is -11.5. The normalized spacial score (nSPS) is 19.1. The van der Waals surface area contributed by atoms with Crippen LogP contribution >= 0.6 is 0 Å². The summed E-state index contributed by atoms with van der Waals surface area (Å²) in [6.45, 7) is 0.0144. The number of nitriles is 1. The van der Waals surface area contributed by atoms with Gasteiger partial charge in [-0.1, -0.05) is 24.6 Å². The molecule has 3 atom stereocenters. The number of ether oxygens (including phenoxy) is 2. The summed E-state index contributed by atoms with van der Waals surface area (Å²) in [5, 5.41) is 20.7. The number of aliphatic carboxylic acids is 1. The number of benzene rings is 2. The molecule has 1 aliphatic heterocycles. The van der Waals surface area contributed by atoms with Crippen LogP contribution in [-0.2, 0) is 15.7 Å². The van der Waals surface area contributed by atoms with Crippen molar-refractivity contribution in [2.24, 2.45) is 0 Å². The Hall–Kier alpha value is -5.12. The number of carboxylic acid groups (broad SMARTS) is 1. The Balaban J connectivity index is 1.88. The Morgan fingerprint density at radius 1 is 1.08 bits per heavy atom. The molecule has 0 saturated heterocycles. The summed E-state index contributed by atoms with van der Waals surface area (Å²) in [5.74, 6) is -10.4. The SMILES string of the molecule is CC[C@]1(F)N(C(=O)OCC(F)(F)F)c2ccc(C)cc2[C@H](NC(c2cc(C#N)cc(C(F)(F)F)c2)c2ncc(OCCCC(=O)O)cn2)C1(F)F. The molecule has 3 aromatic rings. The summed E-state index contributed by atoms with van der Waals surface area (Å²) in [7, 11) is 0. The van der Waals surface area contributed by atoms with Gasteiger partial charge in [-0.15, -0.1) is 0 Å². The molecular formula is C32H28F9N5O5. The Morgan fingerprint density at radius 2 is 1.75 bits per heavy atom. The molecule has 1 aliphatic rings. The highest BCUT2D eigenvalue weighted by Gasteiger charge is 2.68.